The molecule has 0 saturated heterocycles. The Labute approximate surface area is 59.4 Å². The maximum absolute atomic E-state index is 11.4. The Hall–Kier alpha value is -0.180. The van der Waals surface area contributed by atoms with Gasteiger partial charge in [-0.3, -0.25) is 0 Å². The van der Waals surface area contributed by atoms with Gasteiger partial charge in [0.05, 0.1) is 6.61 Å². The molecular formula is C7H11F2O. The zero-order chi connectivity index (χ0) is 7.56. The van der Waals surface area contributed by atoms with Gasteiger partial charge in [0.2, 0.25) is 0 Å². The first-order valence-electron chi connectivity index (χ1n) is 3.42. The van der Waals surface area contributed by atoms with Gasteiger partial charge in [-0.25, -0.2) is 0 Å². The van der Waals surface area contributed by atoms with E-state index in [-0.39, 0.29) is 6.61 Å². The lowest BCUT2D eigenvalue weighted by Gasteiger charge is -2.08. The highest BCUT2D eigenvalue weighted by Gasteiger charge is 2.28. The van der Waals surface area contributed by atoms with Crippen LogP contribution in [0.1, 0.15) is 19.8 Å². The van der Waals surface area contributed by atoms with Crippen LogP contribution in [0.4, 0.5) is 8.78 Å². The third-order valence-electron chi connectivity index (χ3n) is 1.71. The predicted octanol–water partition coefficient (Wildman–Crippen LogP) is 2.23. The molecular weight excluding hydrogens is 138 g/mol. The summed E-state index contributed by atoms with van der Waals surface area (Å²) in [6.07, 6.45) is 2.30. The van der Waals surface area contributed by atoms with E-state index in [2.05, 4.69) is 4.74 Å². The lowest BCUT2D eigenvalue weighted by molar-refractivity contribution is -0.125. The van der Waals surface area contributed by atoms with Crippen molar-refractivity contribution in [1.29, 1.82) is 0 Å². The highest BCUT2D eigenvalue weighted by Crippen LogP contribution is 2.38. The summed E-state index contributed by atoms with van der Waals surface area (Å²) in [4.78, 5) is 0. The van der Waals surface area contributed by atoms with Crippen LogP contribution >= 0.6 is 0 Å². The Bertz CT molecular complexity index is 102. The van der Waals surface area contributed by atoms with E-state index < -0.39 is 6.61 Å². The van der Waals surface area contributed by atoms with Crippen molar-refractivity contribution in [3.05, 3.63) is 5.92 Å². The van der Waals surface area contributed by atoms with Crippen molar-refractivity contribution in [2.24, 2.45) is 5.92 Å². The minimum absolute atomic E-state index is 0.127. The molecule has 10 heavy (non-hydrogen) atoms. The first-order chi connectivity index (χ1) is 4.70. The Balaban J connectivity index is 2.00. The molecule has 0 amide bonds. The quantitative estimate of drug-likeness (QED) is 0.595. The molecule has 0 atom stereocenters. The highest BCUT2D eigenvalue weighted by molar-refractivity contribution is 4.99. The minimum Gasteiger partial charge on any atom is -0.322 e. The smallest absolute Gasteiger partial charge is 0.322 e. The minimum atomic E-state index is -2.62. The molecule has 0 aromatic heterocycles. The first-order valence-corrected chi connectivity index (χ1v) is 3.42. The summed E-state index contributed by atoms with van der Waals surface area (Å²) in [7, 11) is 0. The average molecular weight is 149 g/mol. The van der Waals surface area contributed by atoms with Crippen LogP contribution in [0.5, 0.6) is 0 Å². The van der Waals surface area contributed by atoms with Crippen LogP contribution in [0.25, 0.3) is 0 Å². The lowest BCUT2D eigenvalue weighted by atomic mass is 10.1. The largest absolute Gasteiger partial charge is 0.345 e. The number of alkyl halides is 2. The fourth-order valence-electron chi connectivity index (χ4n) is 0.888. The SMILES string of the molecule is C[C](COC(F)F)C1CC1. The Morgan fingerprint density at radius 3 is 2.60 bits per heavy atom. The molecule has 3 heteroatoms. The highest BCUT2D eigenvalue weighted by atomic mass is 19.3. The van der Waals surface area contributed by atoms with Gasteiger partial charge in [-0.1, -0.05) is 6.92 Å². The molecule has 1 rings (SSSR count). The van der Waals surface area contributed by atoms with E-state index >= 15 is 0 Å². The molecule has 1 radical (unpaired) electrons. The van der Waals surface area contributed by atoms with E-state index in [0.29, 0.717) is 5.92 Å². The van der Waals surface area contributed by atoms with Gasteiger partial charge in [-0.2, -0.15) is 8.78 Å². The predicted molar refractivity (Wildman–Crippen MR) is 33.6 cm³/mol. The van der Waals surface area contributed by atoms with E-state index in [1.54, 1.807) is 0 Å². The second-order valence-corrected chi connectivity index (χ2v) is 2.69. The number of halogens is 2. The van der Waals surface area contributed by atoms with E-state index in [0.717, 1.165) is 18.8 Å². The topological polar surface area (TPSA) is 9.23 Å². The van der Waals surface area contributed by atoms with Gasteiger partial charge in [0, 0.05) is 5.92 Å². The zero-order valence-corrected chi connectivity index (χ0v) is 5.94. The van der Waals surface area contributed by atoms with Crippen molar-refractivity contribution in [3.8, 4) is 0 Å². The van der Waals surface area contributed by atoms with Crippen LogP contribution in [0.3, 0.4) is 0 Å². The summed E-state index contributed by atoms with van der Waals surface area (Å²) in [6, 6.07) is 0. The van der Waals surface area contributed by atoms with E-state index in [1.807, 2.05) is 6.92 Å². The molecule has 0 heterocycles. The van der Waals surface area contributed by atoms with Gasteiger partial charge in [0.15, 0.2) is 0 Å². The summed E-state index contributed by atoms with van der Waals surface area (Å²) in [5.74, 6) is 1.62. The second kappa shape index (κ2) is 3.28. The maximum Gasteiger partial charge on any atom is 0.345 e. The van der Waals surface area contributed by atoms with Crippen molar-refractivity contribution < 1.29 is 13.5 Å². The molecule has 1 nitrogen and oxygen atoms in total. The number of ether oxygens (including phenoxy) is 1. The number of hydrogen-bond acceptors (Lipinski definition) is 1. The fourth-order valence-corrected chi connectivity index (χ4v) is 0.888. The van der Waals surface area contributed by atoms with Gasteiger partial charge in [-0.15, -0.1) is 0 Å². The van der Waals surface area contributed by atoms with E-state index in [9.17, 15) is 8.78 Å². The Kier molecular flexibility index (Phi) is 2.60. The van der Waals surface area contributed by atoms with E-state index in [1.165, 1.54) is 0 Å². The van der Waals surface area contributed by atoms with Crippen LogP contribution in [-0.2, 0) is 4.74 Å². The molecule has 1 aliphatic rings. The van der Waals surface area contributed by atoms with Crippen molar-refractivity contribution in [1.82, 2.24) is 0 Å². The van der Waals surface area contributed by atoms with Crippen molar-refractivity contribution >= 4 is 0 Å². The number of hydrogen-bond donors (Lipinski definition) is 0. The molecule has 1 saturated carbocycles. The van der Waals surface area contributed by atoms with Crippen molar-refractivity contribution in [2.45, 2.75) is 26.4 Å². The van der Waals surface area contributed by atoms with Gasteiger partial charge in [-0.05, 0) is 18.8 Å². The molecule has 0 spiro atoms. The molecule has 1 aliphatic carbocycles. The van der Waals surface area contributed by atoms with Crippen LogP contribution in [0, 0.1) is 11.8 Å². The molecule has 0 bridgehead atoms. The van der Waals surface area contributed by atoms with Crippen LogP contribution in [0.2, 0.25) is 0 Å². The summed E-state index contributed by atoms with van der Waals surface area (Å²) in [6.45, 7) is -0.615. The van der Waals surface area contributed by atoms with Gasteiger partial charge in [0.1, 0.15) is 0 Å². The second-order valence-electron chi connectivity index (χ2n) is 2.69. The summed E-state index contributed by atoms with van der Waals surface area (Å²) in [5.41, 5.74) is 0. The normalized spacial score (nSPS) is 18.9. The van der Waals surface area contributed by atoms with Crippen molar-refractivity contribution in [2.75, 3.05) is 6.61 Å². The molecule has 0 N–H and O–H groups in total. The molecule has 0 aromatic rings. The summed E-state index contributed by atoms with van der Waals surface area (Å²) in [5, 5.41) is 0. The summed E-state index contributed by atoms with van der Waals surface area (Å²) >= 11 is 0. The zero-order valence-electron chi connectivity index (χ0n) is 5.94. The molecule has 0 aromatic carbocycles. The fraction of sp³-hybridized carbons (Fsp3) is 0.857. The van der Waals surface area contributed by atoms with Crippen molar-refractivity contribution in [3.63, 3.8) is 0 Å². The molecule has 59 valence electrons. The van der Waals surface area contributed by atoms with Gasteiger partial charge >= 0.3 is 6.61 Å². The Morgan fingerprint density at radius 2 is 2.20 bits per heavy atom. The van der Waals surface area contributed by atoms with Crippen LogP contribution in [0.15, 0.2) is 0 Å². The first kappa shape index (κ1) is 7.92. The average Bonchev–Trinajstić information content (AvgIpc) is 2.63. The lowest BCUT2D eigenvalue weighted by Crippen LogP contribution is -2.08. The molecule has 0 unspecified atom stereocenters. The van der Waals surface area contributed by atoms with Crippen LogP contribution < -0.4 is 0 Å². The van der Waals surface area contributed by atoms with Gasteiger partial charge < -0.3 is 4.74 Å². The molecule has 0 aliphatic heterocycles. The standard InChI is InChI=1S/C7H11F2O/c1-5(6-2-3-6)4-10-7(8)9/h6-7H,2-4H2,1H3. The third kappa shape index (κ3) is 2.60. The van der Waals surface area contributed by atoms with E-state index in [4.69, 9.17) is 0 Å². The van der Waals surface area contributed by atoms with Gasteiger partial charge in [0.25, 0.3) is 0 Å². The number of rotatable bonds is 4. The maximum atomic E-state index is 11.4. The third-order valence-corrected chi connectivity index (χ3v) is 1.71. The Morgan fingerprint density at radius 1 is 1.60 bits per heavy atom. The van der Waals surface area contributed by atoms with Crippen LogP contribution in [-0.4, -0.2) is 13.2 Å². The monoisotopic (exact) mass is 149 g/mol. The molecule has 1 fully saturated rings. The summed E-state index contributed by atoms with van der Waals surface area (Å²) < 4.78 is 27.0.